The Kier molecular flexibility index (Phi) is 4.42. The van der Waals surface area contributed by atoms with E-state index in [1.165, 1.54) is 12.3 Å². The van der Waals surface area contributed by atoms with E-state index in [0.717, 1.165) is 11.3 Å². The van der Waals surface area contributed by atoms with Crippen molar-refractivity contribution in [2.24, 2.45) is 5.73 Å². The topological polar surface area (TPSA) is 115 Å². The molecule has 0 bridgehead atoms. The number of nitrogens with one attached hydrogen (secondary N) is 2. The second kappa shape index (κ2) is 6.83. The van der Waals surface area contributed by atoms with Gasteiger partial charge in [-0.2, -0.15) is 5.10 Å². The first-order valence-electron chi connectivity index (χ1n) is 7.47. The molecule has 8 heteroatoms. The van der Waals surface area contributed by atoms with Gasteiger partial charge in [-0.25, -0.2) is 14.5 Å². The van der Waals surface area contributed by atoms with Crippen molar-refractivity contribution in [3.05, 3.63) is 66.2 Å². The Balaban J connectivity index is 1.67. The molecule has 0 fully saturated rings. The van der Waals surface area contributed by atoms with Gasteiger partial charge in [-0.15, -0.1) is 0 Å². The maximum Gasteiger partial charge on any atom is 0.323 e. The number of hydrogen-bond acceptors (Lipinski definition) is 4. The molecule has 0 aliphatic carbocycles. The Morgan fingerprint density at radius 1 is 1.16 bits per heavy atom. The number of aromatic nitrogens is 3. The van der Waals surface area contributed by atoms with E-state index in [4.69, 9.17) is 5.73 Å². The Bertz CT molecular complexity index is 903. The lowest BCUT2D eigenvalue weighted by Gasteiger charge is -2.11. The predicted octanol–water partition coefficient (Wildman–Crippen LogP) is 2.32. The highest BCUT2D eigenvalue weighted by molar-refractivity contribution is 6.00. The van der Waals surface area contributed by atoms with Gasteiger partial charge < -0.3 is 16.4 Å². The first kappa shape index (κ1) is 16.2. The van der Waals surface area contributed by atoms with E-state index in [-0.39, 0.29) is 5.69 Å². The molecule has 0 radical (unpaired) electrons. The number of primary amides is 1. The molecule has 4 N–H and O–H groups in total. The highest BCUT2D eigenvalue weighted by Crippen LogP contribution is 2.19. The van der Waals surface area contributed by atoms with Gasteiger partial charge in [0.1, 0.15) is 5.69 Å². The number of anilines is 2. The average molecular weight is 336 g/mol. The molecule has 0 spiro atoms. The summed E-state index contributed by atoms with van der Waals surface area (Å²) in [5.74, 6) is -0.621. The number of nitrogens with two attached hydrogens (primary N) is 1. The van der Waals surface area contributed by atoms with E-state index >= 15 is 0 Å². The van der Waals surface area contributed by atoms with Crippen LogP contribution < -0.4 is 16.4 Å². The predicted molar refractivity (Wildman–Crippen MR) is 93.7 cm³/mol. The summed E-state index contributed by atoms with van der Waals surface area (Å²) in [5, 5.41) is 9.58. The smallest absolute Gasteiger partial charge is 0.323 e. The summed E-state index contributed by atoms with van der Waals surface area (Å²) < 4.78 is 1.74. The summed E-state index contributed by atoms with van der Waals surface area (Å²) in [6, 6.07) is 10.0. The molecule has 0 saturated heterocycles. The molecule has 8 nitrogen and oxygen atoms in total. The third-order valence-electron chi connectivity index (χ3n) is 3.50. The molecule has 3 aromatic rings. The van der Waals surface area contributed by atoms with Crippen LogP contribution in [0.4, 0.5) is 16.2 Å². The lowest BCUT2D eigenvalue weighted by atomic mass is 10.2. The summed E-state index contributed by atoms with van der Waals surface area (Å²) in [7, 11) is 0. The average Bonchev–Trinajstić information content (AvgIpc) is 3.11. The Labute approximate surface area is 143 Å². The van der Waals surface area contributed by atoms with Crippen LogP contribution >= 0.6 is 0 Å². The van der Waals surface area contributed by atoms with Gasteiger partial charge in [-0.1, -0.05) is 0 Å². The van der Waals surface area contributed by atoms with Crippen LogP contribution in [0.3, 0.4) is 0 Å². The van der Waals surface area contributed by atoms with Crippen molar-refractivity contribution in [3.63, 3.8) is 0 Å². The van der Waals surface area contributed by atoms with Crippen molar-refractivity contribution >= 4 is 23.3 Å². The van der Waals surface area contributed by atoms with Gasteiger partial charge in [0.05, 0.1) is 17.6 Å². The summed E-state index contributed by atoms with van der Waals surface area (Å²) >= 11 is 0. The normalized spacial score (nSPS) is 10.3. The fraction of sp³-hybridized carbons (Fsp3) is 0.0588. The fourth-order valence-corrected chi connectivity index (χ4v) is 2.25. The number of carbonyl (C=O) groups excluding carboxylic acids is 2. The molecule has 1 aromatic carbocycles. The van der Waals surface area contributed by atoms with Crippen LogP contribution in [0.15, 0.2) is 55.0 Å². The molecule has 2 aromatic heterocycles. The second-order valence-electron chi connectivity index (χ2n) is 5.33. The van der Waals surface area contributed by atoms with Crippen LogP contribution in [0.5, 0.6) is 0 Å². The van der Waals surface area contributed by atoms with Crippen molar-refractivity contribution in [2.75, 3.05) is 10.6 Å². The van der Waals surface area contributed by atoms with Crippen molar-refractivity contribution in [2.45, 2.75) is 6.92 Å². The van der Waals surface area contributed by atoms with Crippen molar-refractivity contribution in [3.8, 4) is 5.69 Å². The van der Waals surface area contributed by atoms with Crippen LogP contribution in [0, 0.1) is 6.92 Å². The van der Waals surface area contributed by atoms with Gasteiger partial charge in [-0.05, 0) is 48.9 Å². The van der Waals surface area contributed by atoms with E-state index in [0.29, 0.717) is 11.4 Å². The van der Waals surface area contributed by atoms with Gasteiger partial charge in [0.25, 0.3) is 5.91 Å². The number of hydrogen-bond donors (Lipinski definition) is 3. The maximum absolute atomic E-state index is 12.1. The summed E-state index contributed by atoms with van der Waals surface area (Å²) in [4.78, 5) is 27.0. The van der Waals surface area contributed by atoms with Crippen molar-refractivity contribution < 1.29 is 9.59 Å². The van der Waals surface area contributed by atoms with Crippen LogP contribution in [-0.2, 0) is 0 Å². The highest BCUT2D eigenvalue weighted by Gasteiger charge is 2.08. The van der Waals surface area contributed by atoms with Gasteiger partial charge in [0.15, 0.2) is 0 Å². The molecule has 0 unspecified atom stereocenters. The number of carbonyl (C=O) groups is 2. The minimum Gasteiger partial charge on any atom is -0.364 e. The van der Waals surface area contributed by atoms with E-state index in [2.05, 4.69) is 20.7 Å². The minimum absolute atomic E-state index is 0.135. The first-order valence-corrected chi connectivity index (χ1v) is 7.47. The van der Waals surface area contributed by atoms with Gasteiger partial charge in [0.2, 0.25) is 0 Å². The molecule has 0 atom stereocenters. The van der Waals surface area contributed by atoms with Crippen molar-refractivity contribution in [1.82, 2.24) is 14.8 Å². The number of urea groups is 1. The summed E-state index contributed by atoms with van der Waals surface area (Å²) in [5.41, 5.74) is 8.18. The lowest BCUT2D eigenvalue weighted by molar-refractivity contribution is 0.0995. The van der Waals surface area contributed by atoms with Crippen molar-refractivity contribution in [1.29, 1.82) is 0 Å². The zero-order valence-electron chi connectivity index (χ0n) is 13.4. The van der Waals surface area contributed by atoms with Crippen LogP contribution in [0.2, 0.25) is 0 Å². The first-order chi connectivity index (χ1) is 12.0. The van der Waals surface area contributed by atoms with Gasteiger partial charge in [-0.3, -0.25) is 4.79 Å². The number of aryl methyl sites for hydroxylation is 1. The molecule has 0 aliphatic rings. The molecular weight excluding hydrogens is 320 g/mol. The van der Waals surface area contributed by atoms with Gasteiger partial charge >= 0.3 is 6.03 Å². The second-order valence-corrected chi connectivity index (χ2v) is 5.33. The summed E-state index contributed by atoms with van der Waals surface area (Å²) in [6.07, 6.45) is 4.91. The molecule has 3 amide bonds. The van der Waals surface area contributed by atoms with Gasteiger partial charge in [0, 0.05) is 18.1 Å². The lowest BCUT2D eigenvalue weighted by Crippen LogP contribution is -2.20. The third-order valence-corrected chi connectivity index (χ3v) is 3.50. The highest BCUT2D eigenvalue weighted by atomic mass is 16.2. The quantitative estimate of drug-likeness (QED) is 0.678. The molecule has 126 valence electrons. The Hall–Kier alpha value is -3.68. The number of amides is 3. The monoisotopic (exact) mass is 336 g/mol. The molecule has 0 aliphatic heterocycles. The Morgan fingerprint density at radius 3 is 2.60 bits per heavy atom. The molecule has 3 rings (SSSR count). The Morgan fingerprint density at radius 2 is 2.00 bits per heavy atom. The fourth-order valence-electron chi connectivity index (χ4n) is 2.25. The molecular formula is C17H16N6O2. The summed E-state index contributed by atoms with van der Waals surface area (Å²) in [6.45, 7) is 1.89. The zero-order chi connectivity index (χ0) is 17.8. The largest absolute Gasteiger partial charge is 0.364 e. The minimum atomic E-state index is -0.621. The zero-order valence-corrected chi connectivity index (χ0v) is 13.4. The van der Waals surface area contributed by atoms with E-state index in [1.54, 1.807) is 23.0 Å². The molecule has 0 saturated carbocycles. The van der Waals surface area contributed by atoms with E-state index in [9.17, 15) is 9.59 Å². The molecule has 2 heterocycles. The van der Waals surface area contributed by atoms with Crippen LogP contribution in [-0.4, -0.2) is 26.7 Å². The van der Waals surface area contributed by atoms with E-state index in [1.807, 2.05) is 31.3 Å². The number of rotatable bonds is 4. The maximum atomic E-state index is 12.1. The van der Waals surface area contributed by atoms with E-state index < -0.39 is 11.9 Å². The SMILES string of the molecule is Cc1cc(-n2cccn2)ccc1NC(=O)Nc1ccc(C(N)=O)nc1. The third kappa shape index (κ3) is 3.81. The number of pyridine rings is 1. The number of benzene rings is 1. The molecule has 25 heavy (non-hydrogen) atoms. The van der Waals surface area contributed by atoms with Crippen LogP contribution in [0.1, 0.15) is 16.1 Å². The van der Waals surface area contributed by atoms with Crippen LogP contribution in [0.25, 0.3) is 5.69 Å². The standard InChI is InChI=1S/C17H16N6O2/c1-11-9-13(23-8-2-7-20-23)4-6-14(11)22-17(25)21-12-3-5-15(16(18)24)19-10-12/h2-10H,1H3,(H2,18,24)(H2,21,22,25). The number of nitrogens with zero attached hydrogens (tertiary/aromatic N) is 3.